The number of para-hydroxylation sites is 1. The van der Waals surface area contributed by atoms with Gasteiger partial charge in [0.05, 0.1) is 18.2 Å². The Morgan fingerprint density at radius 1 is 1.24 bits per heavy atom. The zero-order chi connectivity index (χ0) is 15.4. The molecule has 2 N–H and O–H groups in total. The van der Waals surface area contributed by atoms with Crippen LogP contribution >= 0.6 is 0 Å². The van der Waals surface area contributed by atoms with Crippen molar-refractivity contribution in [1.29, 1.82) is 0 Å². The van der Waals surface area contributed by atoms with Crippen LogP contribution in [0.3, 0.4) is 0 Å². The molecule has 2 aromatic rings. The first-order chi connectivity index (χ1) is 10.0. The first-order valence-corrected chi connectivity index (χ1v) is 7.48. The maximum Gasteiger partial charge on any atom is 0.133 e. The van der Waals surface area contributed by atoms with E-state index in [-0.39, 0.29) is 12.6 Å². The van der Waals surface area contributed by atoms with Crippen LogP contribution in [0.25, 0.3) is 10.9 Å². The lowest BCUT2D eigenvalue weighted by atomic mass is 10.1. The average Bonchev–Trinajstić information content (AvgIpc) is 2.50. The zero-order valence-corrected chi connectivity index (χ0v) is 13.3. The molecule has 1 heterocycles. The van der Waals surface area contributed by atoms with Crippen LogP contribution in [0.4, 0.5) is 5.82 Å². The number of aliphatic hydroxyl groups excluding tert-OH is 1. The van der Waals surface area contributed by atoms with Crippen LogP contribution in [0, 0.1) is 0 Å². The molecule has 0 aliphatic heterocycles. The third kappa shape index (κ3) is 3.71. The second-order valence-corrected chi connectivity index (χ2v) is 5.84. The number of hydrogen-bond donors (Lipinski definition) is 2. The Hall–Kier alpha value is -1.65. The number of anilines is 1. The normalized spacial score (nSPS) is 12.9. The number of benzene rings is 1. The fraction of sp³-hybridized carbons (Fsp3) is 0.471. The lowest BCUT2D eigenvalue weighted by molar-refractivity contribution is 0.269. The fourth-order valence-corrected chi connectivity index (χ4v) is 2.23. The number of hydrogen-bond acceptors (Lipinski definition) is 4. The van der Waals surface area contributed by atoms with Gasteiger partial charge in [-0.25, -0.2) is 4.98 Å². The van der Waals surface area contributed by atoms with Crippen LogP contribution < -0.4 is 10.2 Å². The van der Waals surface area contributed by atoms with Gasteiger partial charge in [-0.2, -0.15) is 0 Å². The molecule has 0 fully saturated rings. The molecule has 0 amide bonds. The standard InChI is InChI=1S/C17H25N3O/c1-12(2)18-10-15-9-14-7-5-6-8-16(14)19-17(15)20(4)13(3)11-21/h5-9,12-13,18,21H,10-11H2,1-4H3. The van der Waals surface area contributed by atoms with E-state index in [1.54, 1.807) is 0 Å². The van der Waals surface area contributed by atoms with Gasteiger partial charge in [0.15, 0.2) is 0 Å². The molecule has 4 heteroatoms. The van der Waals surface area contributed by atoms with Crippen LogP contribution in [0.2, 0.25) is 0 Å². The Morgan fingerprint density at radius 3 is 2.62 bits per heavy atom. The molecule has 1 aromatic carbocycles. The van der Waals surface area contributed by atoms with E-state index < -0.39 is 0 Å². The summed E-state index contributed by atoms with van der Waals surface area (Å²) >= 11 is 0. The predicted octanol–water partition coefficient (Wildman–Crippen LogP) is 2.55. The van der Waals surface area contributed by atoms with Crippen molar-refractivity contribution in [3.8, 4) is 0 Å². The van der Waals surface area contributed by atoms with Gasteiger partial charge in [0.25, 0.3) is 0 Å². The highest BCUT2D eigenvalue weighted by Gasteiger charge is 2.15. The lowest BCUT2D eigenvalue weighted by Gasteiger charge is -2.27. The summed E-state index contributed by atoms with van der Waals surface area (Å²) in [5.41, 5.74) is 2.14. The molecule has 0 spiro atoms. The van der Waals surface area contributed by atoms with Crippen molar-refractivity contribution in [1.82, 2.24) is 10.3 Å². The van der Waals surface area contributed by atoms with Gasteiger partial charge in [-0.1, -0.05) is 32.0 Å². The molecule has 4 nitrogen and oxygen atoms in total. The second-order valence-electron chi connectivity index (χ2n) is 5.84. The maximum absolute atomic E-state index is 9.40. The summed E-state index contributed by atoms with van der Waals surface area (Å²) in [5, 5.41) is 14.0. The number of pyridine rings is 1. The molecule has 21 heavy (non-hydrogen) atoms. The van der Waals surface area contributed by atoms with Crippen molar-refractivity contribution in [2.24, 2.45) is 0 Å². The number of likely N-dealkylation sites (N-methyl/N-ethyl adjacent to an activating group) is 1. The molecule has 1 aromatic heterocycles. The summed E-state index contributed by atoms with van der Waals surface area (Å²) in [6, 6.07) is 10.8. The van der Waals surface area contributed by atoms with Crippen LogP contribution in [-0.4, -0.2) is 35.8 Å². The highest BCUT2D eigenvalue weighted by Crippen LogP contribution is 2.24. The number of nitrogens with zero attached hydrogens (tertiary/aromatic N) is 2. The van der Waals surface area contributed by atoms with E-state index >= 15 is 0 Å². The molecule has 114 valence electrons. The Balaban J connectivity index is 2.45. The minimum absolute atomic E-state index is 0.0384. The minimum Gasteiger partial charge on any atom is -0.394 e. The van der Waals surface area contributed by atoms with E-state index in [2.05, 4.69) is 31.3 Å². The van der Waals surface area contributed by atoms with Crippen molar-refractivity contribution >= 4 is 16.7 Å². The first-order valence-electron chi connectivity index (χ1n) is 7.48. The van der Waals surface area contributed by atoms with Gasteiger partial charge in [-0.05, 0) is 19.1 Å². The molecule has 1 atom stereocenters. The zero-order valence-electron chi connectivity index (χ0n) is 13.3. The summed E-state index contributed by atoms with van der Waals surface area (Å²) in [6.45, 7) is 7.15. The van der Waals surface area contributed by atoms with Crippen LogP contribution in [0.15, 0.2) is 30.3 Å². The van der Waals surface area contributed by atoms with Crippen molar-refractivity contribution in [3.63, 3.8) is 0 Å². The molecule has 2 rings (SSSR count). The van der Waals surface area contributed by atoms with Crippen LogP contribution in [0.1, 0.15) is 26.3 Å². The van der Waals surface area contributed by atoms with Crippen molar-refractivity contribution < 1.29 is 5.11 Å². The van der Waals surface area contributed by atoms with E-state index in [1.807, 2.05) is 37.1 Å². The van der Waals surface area contributed by atoms with Crippen LogP contribution in [-0.2, 0) is 6.54 Å². The molecule has 1 unspecified atom stereocenters. The average molecular weight is 287 g/mol. The molecule has 0 aliphatic rings. The molecule has 0 aliphatic carbocycles. The number of nitrogens with one attached hydrogen (secondary N) is 1. The van der Waals surface area contributed by atoms with E-state index in [4.69, 9.17) is 4.98 Å². The summed E-state index contributed by atoms with van der Waals surface area (Å²) in [6.07, 6.45) is 0. The van der Waals surface area contributed by atoms with Crippen LogP contribution in [0.5, 0.6) is 0 Å². The molecular formula is C17H25N3O. The van der Waals surface area contributed by atoms with Gasteiger partial charge < -0.3 is 15.3 Å². The SMILES string of the molecule is CC(C)NCc1cc2ccccc2nc1N(C)C(C)CO. The monoisotopic (exact) mass is 287 g/mol. The predicted molar refractivity (Wildman–Crippen MR) is 88.7 cm³/mol. The molecule has 0 radical (unpaired) electrons. The van der Waals surface area contributed by atoms with Gasteiger partial charge >= 0.3 is 0 Å². The Kier molecular flexibility index (Phi) is 5.15. The third-order valence-corrected chi connectivity index (χ3v) is 3.74. The summed E-state index contributed by atoms with van der Waals surface area (Å²) < 4.78 is 0. The molecular weight excluding hydrogens is 262 g/mol. The highest BCUT2D eigenvalue weighted by atomic mass is 16.3. The third-order valence-electron chi connectivity index (χ3n) is 3.74. The largest absolute Gasteiger partial charge is 0.394 e. The van der Waals surface area contributed by atoms with Gasteiger partial charge in [-0.15, -0.1) is 0 Å². The van der Waals surface area contributed by atoms with Gasteiger partial charge in [0.2, 0.25) is 0 Å². The Bertz CT molecular complexity index is 598. The van der Waals surface area contributed by atoms with Gasteiger partial charge in [0.1, 0.15) is 5.82 Å². The van der Waals surface area contributed by atoms with Crippen molar-refractivity contribution in [2.75, 3.05) is 18.6 Å². The summed E-state index contributed by atoms with van der Waals surface area (Å²) in [7, 11) is 1.98. The van der Waals surface area contributed by atoms with E-state index in [1.165, 1.54) is 0 Å². The topological polar surface area (TPSA) is 48.4 Å². The first kappa shape index (κ1) is 15.7. The van der Waals surface area contributed by atoms with E-state index in [0.717, 1.165) is 28.8 Å². The molecule has 0 saturated carbocycles. The van der Waals surface area contributed by atoms with Crippen molar-refractivity contribution in [3.05, 3.63) is 35.9 Å². The summed E-state index contributed by atoms with van der Waals surface area (Å²) in [4.78, 5) is 6.84. The Morgan fingerprint density at radius 2 is 1.95 bits per heavy atom. The fourth-order valence-electron chi connectivity index (χ4n) is 2.23. The van der Waals surface area contributed by atoms with E-state index in [0.29, 0.717) is 6.04 Å². The molecule has 0 saturated heterocycles. The minimum atomic E-state index is 0.0384. The Labute approximate surface area is 126 Å². The quantitative estimate of drug-likeness (QED) is 0.857. The second kappa shape index (κ2) is 6.87. The van der Waals surface area contributed by atoms with Crippen molar-refractivity contribution in [2.45, 2.75) is 39.4 Å². The number of aromatic nitrogens is 1. The van der Waals surface area contributed by atoms with Gasteiger partial charge in [-0.3, -0.25) is 0 Å². The van der Waals surface area contributed by atoms with E-state index in [9.17, 15) is 5.11 Å². The maximum atomic E-state index is 9.40. The van der Waals surface area contributed by atoms with Gasteiger partial charge in [0, 0.05) is 30.6 Å². The number of aliphatic hydroxyl groups is 1. The molecule has 0 bridgehead atoms. The number of fused-ring (bicyclic) bond motifs is 1. The highest BCUT2D eigenvalue weighted by molar-refractivity contribution is 5.81. The number of rotatable bonds is 6. The summed E-state index contributed by atoms with van der Waals surface area (Å²) in [5.74, 6) is 0.934. The smallest absolute Gasteiger partial charge is 0.133 e. The lowest BCUT2D eigenvalue weighted by Crippen LogP contribution is -2.34.